The van der Waals surface area contributed by atoms with Crippen LogP contribution in [0.4, 0.5) is 5.69 Å². The summed E-state index contributed by atoms with van der Waals surface area (Å²) >= 11 is 0. The van der Waals surface area contributed by atoms with Gasteiger partial charge in [-0.25, -0.2) is 0 Å². The molecule has 2 N–H and O–H groups in total. The lowest BCUT2D eigenvalue weighted by molar-refractivity contribution is -0.122. The largest absolute Gasteiger partial charge is 0.387 e. The molecule has 6 heteroatoms. The van der Waals surface area contributed by atoms with Crippen LogP contribution in [0.3, 0.4) is 0 Å². The fraction of sp³-hybridized carbons (Fsp3) is 0.750. The number of aromatic nitrogens is 2. The van der Waals surface area contributed by atoms with Gasteiger partial charge >= 0.3 is 0 Å². The van der Waals surface area contributed by atoms with Gasteiger partial charge in [-0.3, -0.25) is 9.48 Å². The maximum Gasteiger partial charge on any atom is 0.227 e. The van der Waals surface area contributed by atoms with Gasteiger partial charge < -0.3 is 15.2 Å². The summed E-state index contributed by atoms with van der Waals surface area (Å²) in [4.78, 5) is 12.1. The fourth-order valence-corrected chi connectivity index (χ4v) is 2.70. The van der Waals surface area contributed by atoms with Crippen LogP contribution in [-0.4, -0.2) is 40.1 Å². The molecule has 1 unspecified atom stereocenters. The second kappa shape index (κ2) is 8.29. The minimum absolute atomic E-state index is 0.0137. The summed E-state index contributed by atoms with van der Waals surface area (Å²) in [6.45, 7) is 8.02. The monoisotopic (exact) mass is 311 g/mol. The minimum Gasteiger partial charge on any atom is -0.387 e. The summed E-state index contributed by atoms with van der Waals surface area (Å²) in [5.41, 5.74) is 0.581. The van der Waals surface area contributed by atoms with Crippen molar-refractivity contribution in [3.63, 3.8) is 0 Å². The molecule has 22 heavy (non-hydrogen) atoms. The molecule has 0 saturated carbocycles. The van der Waals surface area contributed by atoms with Crippen LogP contribution in [-0.2, 0) is 16.0 Å². The number of carbonyl (C=O) groups is 1. The first-order valence-electron chi connectivity index (χ1n) is 7.96. The highest BCUT2D eigenvalue weighted by atomic mass is 16.5. The van der Waals surface area contributed by atoms with Gasteiger partial charge in [-0.05, 0) is 26.2 Å². The molecule has 0 saturated heterocycles. The Bertz CT molecular complexity index is 479. The molecule has 0 spiro atoms. The minimum atomic E-state index is -1.17. The Kier molecular flexibility index (Phi) is 7.03. The number of methoxy groups -OCH3 is 1. The van der Waals surface area contributed by atoms with Crippen molar-refractivity contribution in [2.75, 3.05) is 19.0 Å². The predicted octanol–water partition coefficient (Wildman–Crippen LogP) is 2.53. The maximum atomic E-state index is 12.1. The van der Waals surface area contributed by atoms with Gasteiger partial charge in [0.05, 0.1) is 42.2 Å². The Balaban J connectivity index is 2.84. The molecule has 1 atom stereocenters. The number of carbonyl (C=O) groups excluding carboxylic acids is 1. The van der Waals surface area contributed by atoms with Crippen molar-refractivity contribution in [3.05, 3.63) is 11.9 Å². The highest BCUT2D eigenvalue weighted by Crippen LogP contribution is 2.24. The molecule has 0 radical (unpaired) electrons. The number of rotatable bonds is 9. The summed E-state index contributed by atoms with van der Waals surface area (Å²) < 4.78 is 6.92. The van der Waals surface area contributed by atoms with E-state index in [4.69, 9.17) is 4.74 Å². The SMILES string of the molecule is CCc1c(NC(=O)CC(C)(O)COC)cnn1C(CC)CC. The van der Waals surface area contributed by atoms with E-state index in [2.05, 4.69) is 24.3 Å². The molecule has 0 aromatic carbocycles. The third-order valence-electron chi connectivity index (χ3n) is 3.79. The van der Waals surface area contributed by atoms with Gasteiger partial charge in [0.15, 0.2) is 0 Å². The van der Waals surface area contributed by atoms with E-state index in [1.54, 1.807) is 13.1 Å². The lowest BCUT2D eigenvalue weighted by atomic mass is 10.0. The van der Waals surface area contributed by atoms with Crippen molar-refractivity contribution in [3.8, 4) is 0 Å². The zero-order valence-electron chi connectivity index (χ0n) is 14.3. The number of ether oxygens (including phenoxy) is 1. The molecule has 0 bridgehead atoms. The van der Waals surface area contributed by atoms with Crippen LogP contribution >= 0.6 is 0 Å². The smallest absolute Gasteiger partial charge is 0.227 e. The third kappa shape index (κ3) is 4.81. The maximum absolute atomic E-state index is 12.1. The third-order valence-corrected chi connectivity index (χ3v) is 3.79. The Labute approximate surface area is 132 Å². The van der Waals surface area contributed by atoms with Crippen LogP contribution in [0.15, 0.2) is 6.20 Å². The van der Waals surface area contributed by atoms with Crippen molar-refractivity contribution in [2.45, 2.75) is 65.0 Å². The lowest BCUT2D eigenvalue weighted by Gasteiger charge is -2.21. The molecule has 1 amide bonds. The van der Waals surface area contributed by atoms with Crippen molar-refractivity contribution >= 4 is 11.6 Å². The quantitative estimate of drug-likeness (QED) is 0.735. The number of aliphatic hydroxyl groups is 1. The molecule has 0 aliphatic heterocycles. The van der Waals surface area contributed by atoms with Crippen LogP contribution in [0.1, 0.15) is 58.7 Å². The number of hydrogen-bond donors (Lipinski definition) is 2. The Morgan fingerprint density at radius 2 is 2.09 bits per heavy atom. The normalized spacial score (nSPS) is 14.1. The van der Waals surface area contributed by atoms with Crippen LogP contribution in [0.25, 0.3) is 0 Å². The molecule has 0 fully saturated rings. The van der Waals surface area contributed by atoms with Gasteiger partial charge in [-0.15, -0.1) is 0 Å². The molecule has 1 heterocycles. The highest BCUT2D eigenvalue weighted by Gasteiger charge is 2.25. The lowest BCUT2D eigenvalue weighted by Crippen LogP contribution is -2.35. The average molecular weight is 311 g/mol. The van der Waals surface area contributed by atoms with Crippen LogP contribution in [0, 0.1) is 0 Å². The summed E-state index contributed by atoms with van der Waals surface area (Å²) in [5, 5.41) is 17.3. The number of hydrogen-bond acceptors (Lipinski definition) is 4. The molecular formula is C16H29N3O3. The molecular weight excluding hydrogens is 282 g/mol. The molecule has 6 nitrogen and oxygen atoms in total. The first-order valence-corrected chi connectivity index (χ1v) is 7.96. The Morgan fingerprint density at radius 1 is 1.45 bits per heavy atom. The van der Waals surface area contributed by atoms with E-state index in [1.807, 2.05) is 11.6 Å². The van der Waals surface area contributed by atoms with Gasteiger partial charge in [-0.1, -0.05) is 20.8 Å². The Hall–Kier alpha value is -1.40. The van der Waals surface area contributed by atoms with E-state index in [1.165, 1.54) is 7.11 Å². The van der Waals surface area contributed by atoms with Crippen molar-refractivity contribution in [1.29, 1.82) is 0 Å². The van der Waals surface area contributed by atoms with E-state index < -0.39 is 5.60 Å². The van der Waals surface area contributed by atoms with Crippen LogP contribution in [0.2, 0.25) is 0 Å². The zero-order chi connectivity index (χ0) is 16.8. The number of amides is 1. The van der Waals surface area contributed by atoms with E-state index in [0.717, 1.165) is 30.6 Å². The van der Waals surface area contributed by atoms with Gasteiger partial charge in [0.1, 0.15) is 0 Å². The highest BCUT2D eigenvalue weighted by molar-refractivity contribution is 5.91. The van der Waals surface area contributed by atoms with E-state index in [0.29, 0.717) is 6.04 Å². The first kappa shape index (κ1) is 18.6. The second-order valence-electron chi connectivity index (χ2n) is 5.93. The molecule has 0 aliphatic carbocycles. The van der Waals surface area contributed by atoms with Crippen LogP contribution in [0.5, 0.6) is 0 Å². The standard InChI is InChI=1S/C16H29N3O3/c1-6-12(7-2)19-14(8-3)13(10-17-19)18-15(20)9-16(4,21)11-22-5/h10,12,21H,6-9,11H2,1-5H3,(H,18,20). The van der Waals surface area contributed by atoms with Crippen molar-refractivity contribution in [1.82, 2.24) is 9.78 Å². The predicted molar refractivity (Wildman–Crippen MR) is 87.0 cm³/mol. The molecule has 126 valence electrons. The topological polar surface area (TPSA) is 76.4 Å². The molecule has 1 aromatic heterocycles. The van der Waals surface area contributed by atoms with Gasteiger partial charge in [0.25, 0.3) is 0 Å². The van der Waals surface area contributed by atoms with Gasteiger partial charge in [-0.2, -0.15) is 5.10 Å². The van der Waals surface area contributed by atoms with E-state index in [9.17, 15) is 9.90 Å². The van der Waals surface area contributed by atoms with Gasteiger partial charge in [0, 0.05) is 7.11 Å². The molecule has 1 rings (SSSR count). The van der Waals surface area contributed by atoms with E-state index >= 15 is 0 Å². The van der Waals surface area contributed by atoms with Crippen LogP contribution < -0.4 is 5.32 Å². The average Bonchev–Trinajstić information content (AvgIpc) is 2.82. The number of anilines is 1. The first-order chi connectivity index (χ1) is 10.4. The van der Waals surface area contributed by atoms with E-state index in [-0.39, 0.29) is 18.9 Å². The molecule has 1 aromatic rings. The second-order valence-corrected chi connectivity index (χ2v) is 5.93. The summed E-state index contributed by atoms with van der Waals surface area (Å²) in [6.07, 6.45) is 4.48. The number of nitrogens with zero attached hydrogens (tertiary/aromatic N) is 2. The summed E-state index contributed by atoms with van der Waals surface area (Å²) in [5.74, 6) is -0.235. The van der Waals surface area contributed by atoms with Crippen molar-refractivity contribution in [2.24, 2.45) is 0 Å². The summed E-state index contributed by atoms with van der Waals surface area (Å²) in [6, 6.07) is 0.345. The summed E-state index contributed by atoms with van der Waals surface area (Å²) in [7, 11) is 1.50. The number of nitrogens with one attached hydrogen (secondary N) is 1. The van der Waals surface area contributed by atoms with Crippen molar-refractivity contribution < 1.29 is 14.6 Å². The molecule has 0 aliphatic rings. The van der Waals surface area contributed by atoms with Gasteiger partial charge in [0.2, 0.25) is 5.91 Å². The fourth-order valence-electron chi connectivity index (χ4n) is 2.70. The zero-order valence-corrected chi connectivity index (χ0v) is 14.3. The Morgan fingerprint density at radius 3 is 2.59 bits per heavy atom.